The van der Waals surface area contributed by atoms with Crippen molar-refractivity contribution in [2.24, 2.45) is 0 Å². The van der Waals surface area contributed by atoms with Gasteiger partial charge in [0.2, 0.25) is 0 Å². The number of aromatic amines is 2. The Hall–Kier alpha value is -5.78. The molecular weight excluding hydrogens is 713 g/mol. The number of carbonyl (C=O) groups is 2. The van der Waals surface area contributed by atoms with Crippen molar-refractivity contribution in [1.82, 2.24) is 40.4 Å². The van der Waals surface area contributed by atoms with Crippen molar-refractivity contribution in [2.45, 2.75) is 98.4 Å². The molecule has 2 saturated carbocycles. The highest BCUT2D eigenvalue weighted by atomic mass is 16.4. The fraction of sp³-hybridized carbons (Fsp3) is 0.429. The van der Waals surface area contributed by atoms with Crippen LogP contribution in [-0.4, -0.2) is 88.4 Å². The Labute approximate surface area is 322 Å². The highest BCUT2D eigenvalue weighted by Crippen LogP contribution is 2.61. The van der Waals surface area contributed by atoms with Crippen LogP contribution < -0.4 is 10.6 Å². The van der Waals surface area contributed by atoms with Crippen LogP contribution in [0.2, 0.25) is 0 Å². The van der Waals surface area contributed by atoms with E-state index in [4.69, 9.17) is 9.97 Å². The van der Waals surface area contributed by atoms with Crippen LogP contribution in [0.5, 0.6) is 0 Å². The van der Waals surface area contributed by atoms with Crippen LogP contribution in [0, 0.1) is 0 Å². The van der Waals surface area contributed by atoms with Crippen molar-refractivity contribution in [3.8, 4) is 11.1 Å². The Bertz CT molecular complexity index is 2210. The van der Waals surface area contributed by atoms with Gasteiger partial charge in [-0.1, -0.05) is 48.5 Å². The maximum atomic E-state index is 13.0. The molecule has 4 aromatic rings. The van der Waals surface area contributed by atoms with Gasteiger partial charge in [0, 0.05) is 36.6 Å². The first kappa shape index (κ1) is 34.7. The number of hydrogen-bond donors (Lipinski definition) is 6. The number of fused-ring (bicyclic) bond motifs is 14. The number of hydrogen-bond acceptors (Lipinski definition) is 8. The highest BCUT2D eigenvalue weighted by molar-refractivity contribution is 5.75. The van der Waals surface area contributed by atoms with Gasteiger partial charge in [0.25, 0.3) is 0 Å². The molecule has 56 heavy (non-hydrogen) atoms. The van der Waals surface area contributed by atoms with E-state index >= 15 is 0 Å². The van der Waals surface area contributed by atoms with Crippen LogP contribution in [0.4, 0.5) is 9.59 Å². The summed E-state index contributed by atoms with van der Waals surface area (Å²) in [5.74, 6) is 6.09. The first-order valence-electron chi connectivity index (χ1n) is 19.6. The number of H-pyrrole nitrogens is 2. The maximum Gasteiger partial charge on any atom is 0.406 e. The van der Waals surface area contributed by atoms with E-state index in [1.54, 1.807) is 12.4 Å². The van der Waals surface area contributed by atoms with E-state index in [0.717, 1.165) is 59.6 Å². The molecule has 0 radical (unpaired) electrons. The lowest BCUT2D eigenvalue weighted by atomic mass is 9.57. The van der Waals surface area contributed by atoms with Gasteiger partial charge < -0.3 is 30.8 Å². The molecule has 10 rings (SSSR count). The number of carboxylic acid groups (broad SMARTS) is 2. The van der Waals surface area contributed by atoms with Crippen LogP contribution in [-0.2, 0) is 20.4 Å². The van der Waals surface area contributed by atoms with Crippen LogP contribution >= 0.6 is 0 Å². The summed E-state index contributed by atoms with van der Waals surface area (Å²) in [5.41, 5.74) is 0.864. The molecule has 2 amide bonds. The highest BCUT2D eigenvalue weighted by Gasteiger charge is 2.67. The fourth-order valence-electron chi connectivity index (χ4n) is 12.2. The second-order valence-electron chi connectivity index (χ2n) is 16.2. The summed E-state index contributed by atoms with van der Waals surface area (Å²) in [6.45, 7) is 1.31. The van der Waals surface area contributed by atoms with E-state index in [-0.39, 0.29) is 12.1 Å². The van der Waals surface area contributed by atoms with E-state index in [0.29, 0.717) is 74.1 Å². The average Bonchev–Trinajstić information content (AvgIpc) is 4.03. The zero-order valence-corrected chi connectivity index (χ0v) is 30.7. The largest absolute Gasteiger partial charge is 0.465 e. The van der Waals surface area contributed by atoms with Gasteiger partial charge in [-0.05, 0) is 86.5 Å². The summed E-state index contributed by atoms with van der Waals surface area (Å²) in [6.07, 6.45) is 7.78. The molecule has 0 spiro atoms. The zero-order chi connectivity index (χ0) is 38.5. The Balaban J connectivity index is 1.10. The lowest BCUT2D eigenvalue weighted by molar-refractivity contribution is -0.0171. The second kappa shape index (κ2) is 12.4. The Morgan fingerprint density at radius 1 is 0.661 bits per heavy atom. The van der Waals surface area contributed by atoms with Crippen LogP contribution in [0.25, 0.3) is 11.1 Å². The van der Waals surface area contributed by atoms with E-state index in [1.165, 1.54) is 0 Å². The predicted molar refractivity (Wildman–Crippen MR) is 202 cm³/mol. The van der Waals surface area contributed by atoms with Gasteiger partial charge in [-0.25, -0.2) is 29.1 Å². The molecule has 286 valence electrons. The maximum absolute atomic E-state index is 13.0. The van der Waals surface area contributed by atoms with Crippen molar-refractivity contribution < 1.29 is 29.4 Å². The minimum Gasteiger partial charge on any atom is -0.465 e. The summed E-state index contributed by atoms with van der Waals surface area (Å²) in [7, 11) is 0. The third-order valence-corrected chi connectivity index (χ3v) is 14.0. The minimum absolute atomic E-state index is 0.123. The SMILES string of the molecule is O=C=C1CCC[C@@]2(NC(=O)O)N3CCCC3c3ncc([nH]3)[C@@]12c1ccc(-c2ccc([C@]34C(=C=O)CCC[C@@]3(NC(=O)O)N3CCCC3c3ncc4[nH]3)cc2)cc1. The van der Waals surface area contributed by atoms with Gasteiger partial charge in [0.05, 0.1) is 23.5 Å². The van der Waals surface area contributed by atoms with Crippen LogP contribution in [0.15, 0.2) is 72.1 Å². The average molecular weight is 755 g/mol. The van der Waals surface area contributed by atoms with Gasteiger partial charge >= 0.3 is 12.2 Å². The normalized spacial score (nSPS) is 31.8. The molecule has 6 N–H and O–H groups in total. The van der Waals surface area contributed by atoms with Gasteiger partial charge in [-0.3, -0.25) is 9.80 Å². The molecule has 4 bridgehead atoms. The monoisotopic (exact) mass is 754 g/mol. The van der Waals surface area contributed by atoms with Gasteiger partial charge in [-0.15, -0.1) is 0 Å². The smallest absolute Gasteiger partial charge is 0.406 e. The lowest BCUT2D eigenvalue weighted by Crippen LogP contribution is -2.72. The van der Waals surface area contributed by atoms with Gasteiger partial charge in [0.1, 0.15) is 45.7 Å². The summed E-state index contributed by atoms with van der Waals surface area (Å²) in [4.78, 5) is 72.3. The van der Waals surface area contributed by atoms with E-state index < -0.39 is 34.3 Å². The Morgan fingerprint density at radius 3 is 1.45 bits per heavy atom. The fourth-order valence-corrected chi connectivity index (χ4v) is 12.2. The predicted octanol–water partition coefficient (Wildman–Crippen LogP) is 5.48. The molecule has 4 aliphatic heterocycles. The molecule has 6 atom stereocenters. The van der Waals surface area contributed by atoms with E-state index in [1.807, 2.05) is 48.5 Å². The molecule has 2 aromatic carbocycles. The molecule has 6 aliphatic rings. The van der Waals surface area contributed by atoms with Crippen LogP contribution in [0.1, 0.15) is 110 Å². The number of nitrogens with zero attached hydrogens (tertiary/aromatic N) is 4. The molecule has 14 heteroatoms. The van der Waals surface area contributed by atoms with E-state index in [2.05, 4.69) is 42.3 Å². The quantitative estimate of drug-likeness (QED) is 0.142. The Kier molecular flexibility index (Phi) is 7.66. The molecule has 2 aliphatic carbocycles. The summed E-state index contributed by atoms with van der Waals surface area (Å²) < 4.78 is 0. The third kappa shape index (κ3) is 4.29. The molecule has 14 nitrogen and oxygen atoms in total. The molecule has 4 fully saturated rings. The van der Waals surface area contributed by atoms with Gasteiger partial charge in [-0.2, -0.15) is 0 Å². The van der Waals surface area contributed by atoms with Crippen molar-refractivity contribution in [3.05, 3.63) is 106 Å². The second-order valence-corrected chi connectivity index (χ2v) is 16.2. The first-order chi connectivity index (χ1) is 27.2. The number of nitrogens with one attached hydrogen (secondary N) is 4. The molecule has 2 unspecified atom stereocenters. The summed E-state index contributed by atoms with van der Waals surface area (Å²) in [5, 5.41) is 26.7. The van der Waals surface area contributed by atoms with Crippen LogP contribution in [0.3, 0.4) is 0 Å². The number of amides is 2. The zero-order valence-electron chi connectivity index (χ0n) is 30.7. The van der Waals surface area contributed by atoms with Crippen molar-refractivity contribution in [1.29, 1.82) is 0 Å². The third-order valence-electron chi connectivity index (χ3n) is 14.0. The number of rotatable bonds is 5. The number of benzene rings is 2. The van der Waals surface area contributed by atoms with Gasteiger partial charge in [0.15, 0.2) is 0 Å². The van der Waals surface area contributed by atoms with E-state index in [9.17, 15) is 29.4 Å². The lowest BCUT2D eigenvalue weighted by Gasteiger charge is -2.57. The number of imidazole rings is 2. The number of aromatic nitrogens is 4. The summed E-state index contributed by atoms with van der Waals surface area (Å²) in [6, 6.07) is 15.6. The first-order valence-corrected chi connectivity index (χ1v) is 19.6. The molecule has 2 saturated heterocycles. The molecular formula is C42H42N8O6. The molecule has 2 aromatic heterocycles. The number of carbonyl (C=O) groups excluding carboxylic acids is 2. The topological polar surface area (TPSA) is 197 Å². The Morgan fingerprint density at radius 2 is 1.07 bits per heavy atom. The summed E-state index contributed by atoms with van der Waals surface area (Å²) >= 11 is 0. The van der Waals surface area contributed by atoms with Crippen molar-refractivity contribution in [3.63, 3.8) is 0 Å². The standard InChI is InChI=1S/C42H42N8O6/c51-23-29-5-1-17-39(47-37(53)54)41(29,33-21-43-35(45-33)31-7-3-19-49(31)39)27-13-9-25(10-14-27)26-11-15-28(16-12-26)42-30(24-52)6-2-18-40(42,48-38(55)56)50-20-4-8-32(50)36-44-22-34(42)46-36/h9-16,21-22,31-32,47-48H,1-8,17-20H2,(H,43,45)(H,44,46)(H,53,54)(H,55,56)/t31?,32?,39-,40-,41-,42-/m1/s1. The molecule has 6 heterocycles. The van der Waals surface area contributed by atoms with Crippen molar-refractivity contribution in [2.75, 3.05) is 13.1 Å². The minimum atomic E-state index is -1.20. The van der Waals surface area contributed by atoms with Crippen molar-refractivity contribution >= 4 is 24.1 Å².